The molecule has 0 atom stereocenters. The lowest BCUT2D eigenvalue weighted by Gasteiger charge is -2.06. The van der Waals surface area contributed by atoms with Gasteiger partial charge in [-0.1, -0.05) is 24.3 Å². The van der Waals surface area contributed by atoms with Gasteiger partial charge in [0.2, 0.25) is 0 Å². The second-order valence-electron chi connectivity index (χ2n) is 3.43. The van der Waals surface area contributed by atoms with Crippen LogP contribution in [0.2, 0.25) is 0 Å². The molecule has 0 N–H and O–H groups in total. The molecule has 0 aromatic heterocycles. The third kappa shape index (κ3) is 1.72. The quantitative estimate of drug-likeness (QED) is 0.706. The van der Waals surface area contributed by atoms with Gasteiger partial charge in [-0.2, -0.15) is 5.26 Å². The Labute approximate surface area is 97.0 Å². The van der Waals surface area contributed by atoms with Crippen LogP contribution >= 0.6 is 0 Å². The molecule has 2 rings (SSSR count). The molecule has 0 aliphatic rings. The maximum atomic E-state index is 13.8. The van der Waals surface area contributed by atoms with Crippen LogP contribution < -0.4 is 0 Å². The number of nitrogens with zero attached hydrogens (tertiary/aromatic N) is 1. The van der Waals surface area contributed by atoms with E-state index in [1.165, 1.54) is 19.2 Å². The predicted molar refractivity (Wildman–Crippen MR) is 60.0 cm³/mol. The number of ether oxygens (including phenoxy) is 1. The zero-order valence-corrected chi connectivity index (χ0v) is 9.03. The number of rotatable bonds is 1. The van der Waals surface area contributed by atoms with Crippen LogP contribution in [0.15, 0.2) is 30.3 Å². The molecule has 0 heterocycles. The van der Waals surface area contributed by atoms with Crippen LogP contribution in [0.3, 0.4) is 0 Å². The number of fused-ring (bicyclic) bond motifs is 1. The first kappa shape index (κ1) is 11.1. The van der Waals surface area contributed by atoms with Gasteiger partial charge in [0.1, 0.15) is 11.9 Å². The highest BCUT2D eigenvalue weighted by atomic mass is 19.1. The van der Waals surface area contributed by atoms with Crippen molar-refractivity contribution in [1.82, 2.24) is 0 Å². The highest BCUT2D eigenvalue weighted by molar-refractivity contribution is 6.05. The predicted octanol–water partition coefficient (Wildman–Crippen LogP) is 2.64. The number of methoxy groups -OCH3 is 1. The van der Waals surface area contributed by atoms with Crippen LogP contribution in [-0.2, 0) is 4.74 Å². The lowest BCUT2D eigenvalue weighted by Crippen LogP contribution is -2.04. The van der Waals surface area contributed by atoms with E-state index in [2.05, 4.69) is 4.74 Å². The van der Waals surface area contributed by atoms with E-state index in [4.69, 9.17) is 5.26 Å². The van der Waals surface area contributed by atoms with Crippen molar-refractivity contribution in [3.63, 3.8) is 0 Å². The minimum Gasteiger partial charge on any atom is -0.465 e. The molecular weight excluding hydrogens is 221 g/mol. The number of carbonyl (C=O) groups excluding carboxylic acids is 1. The lowest BCUT2D eigenvalue weighted by molar-refractivity contribution is 0.0603. The molecule has 0 saturated carbocycles. The highest BCUT2D eigenvalue weighted by Gasteiger charge is 2.16. The van der Waals surface area contributed by atoms with Crippen LogP contribution in [-0.4, -0.2) is 13.1 Å². The second kappa shape index (κ2) is 4.22. The summed E-state index contributed by atoms with van der Waals surface area (Å²) in [5.74, 6) is -1.20. The lowest BCUT2D eigenvalue weighted by atomic mass is 10.0. The van der Waals surface area contributed by atoms with Gasteiger partial charge in [-0.25, -0.2) is 9.18 Å². The minimum atomic E-state index is -0.615. The van der Waals surface area contributed by atoms with Gasteiger partial charge in [0.25, 0.3) is 0 Å². The van der Waals surface area contributed by atoms with Gasteiger partial charge in [-0.15, -0.1) is 0 Å². The van der Waals surface area contributed by atoms with Gasteiger partial charge in [-0.3, -0.25) is 0 Å². The van der Waals surface area contributed by atoms with Gasteiger partial charge in [-0.05, 0) is 11.5 Å². The maximum Gasteiger partial charge on any atom is 0.338 e. The van der Waals surface area contributed by atoms with E-state index in [-0.39, 0.29) is 16.5 Å². The van der Waals surface area contributed by atoms with E-state index in [0.717, 1.165) is 0 Å². The summed E-state index contributed by atoms with van der Waals surface area (Å²) in [5.41, 5.74) is 0.0325. The van der Waals surface area contributed by atoms with E-state index >= 15 is 0 Å². The van der Waals surface area contributed by atoms with Crippen molar-refractivity contribution in [2.75, 3.05) is 7.11 Å². The molecule has 4 heteroatoms. The zero-order valence-electron chi connectivity index (χ0n) is 9.03. The normalized spacial score (nSPS) is 9.94. The molecule has 0 radical (unpaired) electrons. The molecule has 2 aromatic carbocycles. The fourth-order valence-electron chi connectivity index (χ4n) is 1.70. The number of carbonyl (C=O) groups is 1. The van der Waals surface area contributed by atoms with E-state index in [0.29, 0.717) is 5.39 Å². The summed E-state index contributed by atoms with van der Waals surface area (Å²) in [7, 11) is 1.24. The zero-order chi connectivity index (χ0) is 12.4. The first-order chi connectivity index (χ1) is 8.19. The molecule has 0 saturated heterocycles. The molecule has 0 spiro atoms. The topological polar surface area (TPSA) is 50.1 Å². The van der Waals surface area contributed by atoms with Crippen molar-refractivity contribution in [1.29, 1.82) is 5.26 Å². The molecule has 3 nitrogen and oxygen atoms in total. The van der Waals surface area contributed by atoms with Crippen molar-refractivity contribution < 1.29 is 13.9 Å². The van der Waals surface area contributed by atoms with Crippen LogP contribution in [0.1, 0.15) is 15.9 Å². The Balaban J connectivity index is 2.89. The second-order valence-corrected chi connectivity index (χ2v) is 3.43. The summed E-state index contributed by atoms with van der Waals surface area (Å²) in [4.78, 5) is 11.6. The van der Waals surface area contributed by atoms with E-state index in [1.54, 1.807) is 24.3 Å². The molecule has 0 aliphatic carbocycles. The van der Waals surface area contributed by atoms with Gasteiger partial charge in [0, 0.05) is 5.39 Å². The first-order valence-electron chi connectivity index (χ1n) is 4.88. The molecular formula is C13H8FNO2. The Bertz CT molecular complexity index is 644. The van der Waals surface area contributed by atoms with Gasteiger partial charge >= 0.3 is 5.97 Å². The Morgan fingerprint density at radius 1 is 1.35 bits per heavy atom. The molecule has 0 amide bonds. The Kier molecular flexibility index (Phi) is 2.75. The minimum absolute atomic E-state index is 0.163. The summed E-state index contributed by atoms with van der Waals surface area (Å²) in [5, 5.41) is 9.50. The largest absolute Gasteiger partial charge is 0.465 e. The molecule has 17 heavy (non-hydrogen) atoms. The molecule has 2 aromatic rings. The van der Waals surface area contributed by atoms with Gasteiger partial charge < -0.3 is 4.74 Å². The average Bonchev–Trinajstić information content (AvgIpc) is 2.38. The highest BCUT2D eigenvalue weighted by Crippen LogP contribution is 2.25. The summed E-state index contributed by atoms with van der Waals surface area (Å²) in [6.07, 6.45) is 0. The summed E-state index contributed by atoms with van der Waals surface area (Å²) >= 11 is 0. The number of esters is 1. The van der Waals surface area contributed by atoms with Gasteiger partial charge in [0.15, 0.2) is 0 Å². The van der Waals surface area contributed by atoms with Crippen LogP contribution in [0.25, 0.3) is 10.8 Å². The summed E-state index contributed by atoms with van der Waals surface area (Å²) in [6.45, 7) is 0. The molecule has 0 aliphatic heterocycles. The van der Waals surface area contributed by atoms with Crippen molar-refractivity contribution >= 4 is 16.7 Å². The van der Waals surface area contributed by atoms with Crippen LogP contribution in [0.5, 0.6) is 0 Å². The number of nitriles is 1. The third-order valence-electron chi connectivity index (χ3n) is 2.50. The Morgan fingerprint density at radius 2 is 2.00 bits per heavy atom. The van der Waals surface area contributed by atoms with Crippen molar-refractivity contribution in [2.45, 2.75) is 0 Å². The maximum absolute atomic E-state index is 13.8. The van der Waals surface area contributed by atoms with Crippen LogP contribution in [0.4, 0.5) is 4.39 Å². The van der Waals surface area contributed by atoms with Gasteiger partial charge in [0.05, 0.1) is 18.2 Å². The monoisotopic (exact) mass is 229 g/mol. The average molecular weight is 229 g/mol. The van der Waals surface area contributed by atoms with Crippen molar-refractivity contribution in [3.8, 4) is 6.07 Å². The fourth-order valence-corrected chi connectivity index (χ4v) is 1.70. The SMILES string of the molecule is COC(=O)c1cc(C#N)c(F)c2ccccc12. The first-order valence-corrected chi connectivity index (χ1v) is 4.88. The number of hydrogen-bond acceptors (Lipinski definition) is 3. The summed E-state index contributed by atoms with van der Waals surface area (Å²) in [6, 6.07) is 9.42. The van der Waals surface area contributed by atoms with E-state index in [1.807, 2.05) is 0 Å². The van der Waals surface area contributed by atoms with Crippen LogP contribution in [0, 0.1) is 17.1 Å². The standard InChI is InChI=1S/C13H8FNO2/c1-17-13(16)11-6-8(7-15)12(14)10-5-3-2-4-9(10)11/h2-6H,1H3. The molecule has 0 unspecified atom stereocenters. The Morgan fingerprint density at radius 3 is 2.59 bits per heavy atom. The molecule has 0 bridgehead atoms. The fraction of sp³-hybridized carbons (Fsp3) is 0.0769. The summed E-state index contributed by atoms with van der Waals surface area (Å²) < 4.78 is 18.5. The van der Waals surface area contributed by atoms with E-state index in [9.17, 15) is 9.18 Å². The molecule has 84 valence electrons. The Hall–Kier alpha value is -2.41. The third-order valence-corrected chi connectivity index (χ3v) is 2.50. The number of hydrogen-bond donors (Lipinski definition) is 0. The van der Waals surface area contributed by atoms with Crippen molar-refractivity contribution in [3.05, 3.63) is 47.3 Å². The smallest absolute Gasteiger partial charge is 0.338 e. The molecule has 0 fully saturated rings. The van der Waals surface area contributed by atoms with Crippen molar-refractivity contribution in [2.24, 2.45) is 0 Å². The van der Waals surface area contributed by atoms with E-state index < -0.39 is 11.8 Å². The number of halogens is 1. The number of benzene rings is 2.